The second-order valence-electron chi connectivity index (χ2n) is 8.48. The van der Waals surface area contributed by atoms with Crippen LogP contribution in [0.1, 0.15) is 63.9 Å². The molecule has 1 saturated carbocycles. The third kappa shape index (κ3) is 8.55. The number of aryl methyl sites for hydroxylation is 1. The Morgan fingerprint density at radius 3 is 2.63 bits per heavy atom. The molecule has 0 amide bonds. The van der Waals surface area contributed by atoms with Crippen LogP contribution in [-0.2, 0) is 11.2 Å². The molecule has 4 nitrogen and oxygen atoms in total. The van der Waals surface area contributed by atoms with Crippen molar-refractivity contribution in [2.24, 2.45) is 11.8 Å². The summed E-state index contributed by atoms with van der Waals surface area (Å²) < 4.78 is 0. The maximum Gasteiger partial charge on any atom is 0.132 e. The average molecular weight is 415 g/mol. The number of unbranched alkanes of at least 4 members (excludes halogenated alkanes) is 1. The van der Waals surface area contributed by atoms with Gasteiger partial charge in [0, 0.05) is 25.2 Å². The Balaban J connectivity index is 1.78. The van der Waals surface area contributed by atoms with Gasteiger partial charge in [-0.3, -0.25) is 4.79 Å². The molecule has 0 saturated heterocycles. The zero-order chi connectivity index (χ0) is 21.8. The van der Waals surface area contributed by atoms with Gasteiger partial charge in [0.05, 0.1) is 18.3 Å². The second kappa shape index (κ2) is 13.5. The van der Waals surface area contributed by atoms with Crippen LogP contribution < -0.4 is 0 Å². The number of ketones is 1. The predicted molar refractivity (Wildman–Crippen MR) is 121 cm³/mol. The number of benzene rings is 1. The first kappa shape index (κ1) is 24.5. The molecule has 0 radical (unpaired) electrons. The number of carbonyl (C=O) groups is 1. The molecule has 4 heteroatoms. The summed E-state index contributed by atoms with van der Waals surface area (Å²) in [7, 11) is 0. The number of carbonyl (C=O) groups excluding carboxylic acids is 1. The Morgan fingerprint density at radius 2 is 1.90 bits per heavy atom. The Hall–Kier alpha value is -1.75. The lowest BCUT2D eigenvalue weighted by atomic mass is 9.89. The van der Waals surface area contributed by atoms with E-state index >= 15 is 0 Å². The number of aliphatic hydroxyl groups excluding tert-OH is 3. The van der Waals surface area contributed by atoms with E-state index in [0.29, 0.717) is 37.9 Å². The minimum absolute atomic E-state index is 0.0458. The van der Waals surface area contributed by atoms with Crippen LogP contribution in [0.4, 0.5) is 0 Å². The van der Waals surface area contributed by atoms with Crippen LogP contribution >= 0.6 is 0 Å². The van der Waals surface area contributed by atoms with E-state index in [1.807, 2.05) is 31.2 Å². The molecule has 2 rings (SSSR count). The van der Waals surface area contributed by atoms with Crippen LogP contribution in [0, 0.1) is 11.8 Å². The summed E-state index contributed by atoms with van der Waals surface area (Å²) in [6.07, 6.45) is 12.5. The largest absolute Gasteiger partial charge is 0.393 e. The van der Waals surface area contributed by atoms with Crippen molar-refractivity contribution in [2.75, 3.05) is 0 Å². The van der Waals surface area contributed by atoms with E-state index in [-0.39, 0.29) is 11.8 Å². The molecule has 1 aliphatic rings. The first-order chi connectivity index (χ1) is 14.5. The molecule has 5 atom stereocenters. The number of hydrogen-bond acceptors (Lipinski definition) is 4. The van der Waals surface area contributed by atoms with E-state index in [1.165, 1.54) is 5.56 Å². The average Bonchev–Trinajstić information content (AvgIpc) is 3.00. The molecule has 3 N–H and O–H groups in total. The summed E-state index contributed by atoms with van der Waals surface area (Å²) in [5.74, 6) is 0.133. The summed E-state index contributed by atoms with van der Waals surface area (Å²) in [5.41, 5.74) is 1.20. The maximum absolute atomic E-state index is 11.5. The molecule has 0 spiro atoms. The molecule has 1 aromatic rings. The van der Waals surface area contributed by atoms with E-state index < -0.39 is 18.3 Å². The van der Waals surface area contributed by atoms with Gasteiger partial charge in [-0.15, -0.1) is 0 Å². The molecule has 30 heavy (non-hydrogen) atoms. The van der Waals surface area contributed by atoms with Gasteiger partial charge in [0.15, 0.2) is 0 Å². The highest BCUT2D eigenvalue weighted by atomic mass is 16.3. The smallest absolute Gasteiger partial charge is 0.132 e. The van der Waals surface area contributed by atoms with Crippen LogP contribution in [0.15, 0.2) is 54.6 Å². The summed E-state index contributed by atoms with van der Waals surface area (Å²) >= 11 is 0. The fraction of sp³-hybridized carbons (Fsp3) is 0.577. The number of aliphatic hydroxyl groups is 3. The fourth-order valence-corrected chi connectivity index (χ4v) is 4.21. The Bertz CT molecular complexity index is 667. The van der Waals surface area contributed by atoms with E-state index in [0.717, 1.165) is 25.7 Å². The lowest BCUT2D eigenvalue weighted by Gasteiger charge is -2.19. The number of Topliss-reactive ketones (excluding diaryl/α,β-unsaturated/α-hetero) is 1. The first-order valence-corrected chi connectivity index (χ1v) is 11.4. The van der Waals surface area contributed by atoms with E-state index in [2.05, 4.69) is 24.3 Å². The summed E-state index contributed by atoms with van der Waals surface area (Å²) in [6, 6.07) is 10.1. The second-order valence-corrected chi connectivity index (χ2v) is 8.48. The monoisotopic (exact) mass is 414 g/mol. The van der Waals surface area contributed by atoms with E-state index in [1.54, 1.807) is 6.08 Å². The summed E-state index contributed by atoms with van der Waals surface area (Å²) in [5, 5.41) is 31.0. The Morgan fingerprint density at radius 1 is 1.13 bits per heavy atom. The van der Waals surface area contributed by atoms with Crippen molar-refractivity contribution < 1.29 is 20.1 Å². The van der Waals surface area contributed by atoms with E-state index in [9.17, 15) is 20.1 Å². The van der Waals surface area contributed by atoms with Crippen molar-refractivity contribution in [1.29, 1.82) is 0 Å². The van der Waals surface area contributed by atoms with Crippen LogP contribution in [0.3, 0.4) is 0 Å². The third-order valence-electron chi connectivity index (χ3n) is 5.97. The summed E-state index contributed by atoms with van der Waals surface area (Å²) in [6.45, 7) is 2.02. The molecule has 0 aliphatic heterocycles. The van der Waals surface area contributed by atoms with Crippen LogP contribution in [0.2, 0.25) is 0 Å². The first-order valence-electron chi connectivity index (χ1n) is 11.4. The number of rotatable bonds is 13. The predicted octanol–water partition coefficient (Wildman–Crippen LogP) is 4.38. The molecule has 0 aromatic heterocycles. The van der Waals surface area contributed by atoms with Gasteiger partial charge in [-0.1, -0.05) is 61.6 Å². The van der Waals surface area contributed by atoms with Crippen molar-refractivity contribution in [3.8, 4) is 0 Å². The van der Waals surface area contributed by atoms with Gasteiger partial charge < -0.3 is 15.3 Å². The normalized spacial score (nSPS) is 25.3. The molecule has 166 valence electrons. The zero-order valence-corrected chi connectivity index (χ0v) is 18.2. The molecule has 1 aliphatic carbocycles. The molecule has 0 unspecified atom stereocenters. The molecular formula is C26H38O4. The molecule has 0 heterocycles. The highest BCUT2D eigenvalue weighted by molar-refractivity contribution is 5.78. The number of allylic oxidation sites excluding steroid dienone is 2. The topological polar surface area (TPSA) is 77.8 Å². The quantitative estimate of drug-likeness (QED) is 0.331. The van der Waals surface area contributed by atoms with Crippen LogP contribution in [0.25, 0.3) is 0 Å². The van der Waals surface area contributed by atoms with Crippen molar-refractivity contribution in [3.63, 3.8) is 0 Å². The zero-order valence-electron chi connectivity index (χ0n) is 18.2. The van der Waals surface area contributed by atoms with Crippen molar-refractivity contribution >= 4 is 5.78 Å². The highest BCUT2D eigenvalue weighted by Gasteiger charge is 2.39. The lowest BCUT2D eigenvalue weighted by molar-refractivity contribution is -0.119. The van der Waals surface area contributed by atoms with Gasteiger partial charge >= 0.3 is 0 Å². The minimum Gasteiger partial charge on any atom is -0.393 e. The van der Waals surface area contributed by atoms with Gasteiger partial charge in [0.25, 0.3) is 0 Å². The standard InChI is InChI=1S/C26H38O4/c1-2-10-21(27)13-8-3-4-9-14-23-24(26(30)19-25(23)29)18-17-22(28)16-15-20-11-6-5-7-12-20/h4-7,9,11-12,17-18,22-26,28-30H,2-3,8,10,13-16,19H2,1H3/b9-4-,18-17+/t22-,23-,24-,25+,26-/m1/s1. The maximum atomic E-state index is 11.5. The SMILES string of the molecule is CCCC(=O)CCC/C=C\C[C@@H]1[C@@H](/C=C/[C@H](O)CCc2ccccc2)[C@H](O)C[C@@H]1O. The van der Waals surface area contributed by atoms with Crippen LogP contribution in [0.5, 0.6) is 0 Å². The van der Waals surface area contributed by atoms with Crippen molar-refractivity contribution in [3.05, 3.63) is 60.2 Å². The van der Waals surface area contributed by atoms with Gasteiger partial charge in [-0.25, -0.2) is 0 Å². The third-order valence-corrected chi connectivity index (χ3v) is 5.97. The molecule has 0 bridgehead atoms. The van der Waals surface area contributed by atoms with Crippen molar-refractivity contribution in [2.45, 2.75) is 83.0 Å². The Kier molecular flexibility index (Phi) is 11.1. The van der Waals surface area contributed by atoms with Gasteiger partial charge in [0.2, 0.25) is 0 Å². The fourth-order valence-electron chi connectivity index (χ4n) is 4.21. The minimum atomic E-state index is -0.581. The van der Waals surface area contributed by atoms with Gasteiger partial charge in [-0.05, 0) is 50.0 Å². The Labute approximate surface area is 181 Å². The van der Waals surface area contributed by atoms with Gasteiger partial charge in [0.1, 0.15) is 5.78 Å². The molecule has 1 fully saturated rings. The lowest BCUT2D eigenvalue weighted by Crippen LogP contribution is -2.20. The summed E-state index contributed by atoms with van der Waals surface area (Å²) in [4.78, 5) is 11.5. The number of hydrogen-bond donors (Lipinski definition) is 3. The highest BCUT2D eigenvalue weighted by Crippen LogP contribution is 2.36. The van der Waals surface area contributed by atoms with E-state index in [4.69, 9.17) is 0 Å². The van der Waals surface area contributed by atoms with Gasteiger partial charge in [-0.2, -0.15) is 0 Å². The van der Waals surface area contributed by atoms with Crippen LogP contribution in [-0.4, -0.2) is 39.4 Å². The molecule has 1 aromatic carbocycles. The van der Waals surface area contributed by atoms with Crippen molar-refractivity contribution in [1.82, 2.24) is 0 Å². The molecular weight excluding hydrogens is 376 g/mol.